The number of aliphatic hydroxyl groups is 1. The molecule has 2 aromatic rings. The van der Waals surface area contributed by atoms with Gasteiger partial charge in [0.25, 0.3) is 0 Å². The molecule has 0 aliphatic heterocycles. The van der Waals surface area contributed by atoms with Gasteiger partial charge in [-0.1, -0.05) is 45.8 Å². The van der Waals surface area contributed by atoms with Crippen LogP contribution in [-0.2, 0) is 6.42 Å². The first-order valence-corrected chi connectivity index (χ1v) is 7.62. The van der Waals surface area contributed by atoms with Crippen LogP contribution in [0.15, 0.2) is 46.9 Å². The molecule has 0 radical (unpaired) electrons. The molecule has 1 N–H and O–H groups in total. The average molecular weight is 417 g/mol. The largest absolute Gasteiger partial charge is 0.388 e. The Morgan fingerprint density at radius 3 is 2.72 bits per heavy atom. The molecule has 0 aromatic heterocycles. The van der Waals surface area contributed by atoms with Crippen molar-refractivity contribution < 1.29 is 5.11 Å². The molecule has 2 aromatic carbocycles. The van der Waals surface area contributed by atoms with E-state index in [0.29, 0.717) is 6.42 Å². The Hall–Kier alpha value is -0.390. The van der Waals surface area contributed by atoms with Gasteiger partial charge in [-0.25, -0.2) is 0 Å². The van der Waals surface area contributed by atoms with E-state index in [0.717, 1.165) is 19.2 Å². The number of hydrogen-bond donors (Lipinski definition) is 1. The monoisotopic (exact) mass is 416 g/mol. The van der Waals surface area contributed by atoms with E-state index in [9.17, 15) is 5.11 Å². The molecule has 18 heavy (non-hydrogen) atoms. The van der Waals surface area contributed by atoms with Crippen LogP contribution in [0.2, 0.25) is 0 Å². The van der Waals surface area contributed by atoms with E-state index < -0.39 is 6.10 Å². The molecular formula is C15H14BrIO. The van der Waals surface area contributed by atoms with Gasteiger partial charge in [-0.2, -0.15) is 0 Å². The number of halogens is 2. The van der Waals surface area contributed by atoms with Crippen LogP contribution in [0, 0.1) is 10.5 Å². The zero-order valence-electron chi connectivity index (χ0n) is 10.0. The van der Waals surface area contributed by atoms with Crippen LogP contribution < -0.4 is 0 Å². The van der Waals surface area contributed by atoms with E-state index in [1.54, 1.807) is 0 Å². The van der Waals surface area contributed by atoms with Crippen LogP contribution in [0.25, 0.3) is 0 Å². The Kier molecular flexibility index (Phi) is 4.81. The summed E-state index contributed by atoms with van der Waals surface area (Å²) in [5.41, 5.74) is 3.33. The van der Waals surface area contributed by atoms with E-state index in [1.165, 1.54) is 5.56 Å². The number of aliphatic hydroxyl groups excluding tert-OH is 1. The van der Waals surface area contributed by atoms with Gasteiger partial charge in [-0.15, -0.1) is 0 Å². The van der Waals surface area contributed by atoms with Gasteiger partial charge in [0, 0.05) is 14.5 Å². The second-order valence-electron chi connectivity index (χ2n) is 4.37. The maximum atomic E-state index is 10.3. The van der Waals surface area contributed by atoms with Crippen molar-refractivity contribution in [3.8, 4) is 0 Å². The number of benzene rings is 2. The van der Waals surface area contributed by atoms with Gasteiger partial charge < -0.3 is 5.11 Å². The molecule has 2 rings (SSSR count). The first-order valence-electron chi connectivity index (χ1n) is 5.75. The van der Waals surface area contributed by atoms with E-state index in [4.69, 9.17) is 0 Å². The van der Waals surface area contributed by atoms with Crippen LogP contribution >= 0.6 is 38.5 Å². The van der Waals surface area contributed by atoms with Crippen molar-refractivity contribution in [1.29, 1.82) is 0 Å². The van der Waals surface area contributed by atoms with Crippen LogP contribution in [0.5, 0.6) is 0 Å². The van der Waals surface area contributed by atoms with E-state index in [-0.39, 0.29) is 0 Å². The van der Waals surface area contributed by atoms with Gasteiger partial charge in [0.05, 0.1) is 6.10 Å². The molecular weight excluding hydrogens is 403 g/mol. The summed E-state index contributed by atoms with van der Waals surface area (Å²) in [7, 11) is 0. The summed E-state index contributed by atoms with van der Waals surface area (Å²) in [6.07, 6.45) is 0.163. The lowest BCUT2D eigenvalue weighted by Crippen LogP contribution is -2.03. The lowest BCUT2D eigenvalue weighted by Gasteiger charge is -2.14. The fourth-order valence-corrected chi connectivity index (χ4v) is 2.97. The molecule has 0 saturated carbocycles. The zero-order chi connectivity index (χ0) is 13.1. The third-order valence-electron chi connectivity index (χ3n) is 2.83. The van der Waals surface area contributed by atoms with Crippen molar-refractivity contribution in [2.24, 2.45) is 0 Å². The zero-order valence-corrected chi connectivity index (χ0v) is 13.8. The second-order valence-corrected chi connectivity index (χ2v) is 6.47. The Bertz CT molecular complexity index is 554. The van der Waals surface area contributed by atoms with Gasteiger partial charge in [0.15, 0.2) is 0 Å². The molecule has 0 aliphatic rings. The van der Waals surface area contributed by atoms with Crippen molar-refractivity contribution in [1.82, 2.24) is 0 Å². The molecule has 0 bridgehead atoms. The second kappa shape index (κ2) is 6.17. The maximum absolute atomic E-state index is 10.3. The van der Waals surface area contributed by atoms with Gasteiger partial charge in [-0.05, 0) is 58.8 Å². The number of aryl methyl sites for hydroxylation is 1. The highest BCUT2D eigenvalue weighted by Gasteiger charge is 2.12. The van der Waals surface area contributed by atoms with Crippen LogP contribution in [0.3, 0.4) is 0 Å². The Morgan fingerprint density at radius 1 is 1.22 bits per heavy atom. The molecule has 1 nitrogen and oxygen atoms in total. The predicted octanol–water partition coefficient (Wildman–Crippen LogP) is 4.64. The molecule has 0 heterocycles. The third kappa shape index (κ3) is 3.56. The maximum Gasteiger partial charge on any atom is 0.0841 e. The standard InChI is InChI=1S/C15H14BrIO/c1-10-3-2-4-11(7-10)8-15(18)13-9-12(17)5-6-14(13)16/h2-7,9,15,18H,8H2,1H3. The third-order valence-corrected chi connectivity index (χ3v) is 4.22. The first kappa shape index (κ1) is 14.0. The molecule has 0 aliphatic carbocycles. The normalized spacial score (nSPS) is 12.4. The summed E-state index contributed by atoms with van der Waals surface area (Å²) < 4.78 is 2.09. The Labute approximate surface area is 130 Å². The molecule has 3 heteroatoms. The highest BCUT2D eigenvalue weighted by molar-refractivity contribution is 14.1. The Balaban J connectivity index is 2.21. The summed E-state index contributed by atoms with van der Waals surface area (Å²) in [5, 5.41) is 10.3. The van der Waals surface area contributed by atoms with E-state index >= 15 is 0 Å². The van der Waals surface area contributed by atoms with Crippen molar-refractivity contribution in [3.63, 3.8) is 0 Å². The van der Waals surface area contributed by atoms with Crippen LogP contribution in [-0.4, -0.2) is 5.11 Å². The summed E-state index contributed by atoms with van der Waals surface area (Å²) in [6.45, 7) is 2.07. The molecule has 94 valence electrons. The smallest absolute Gasteiger partial charge is 0.0841 e. The summed E-state index contributed by atoms with van der Waals surface area (Å²) in [5.74, 6) is 0. The van der Waals surface area contributed by atoms with Crippen LogP contribution in [0.4, 0.5) is 0 Å². The molecule has 0 spiro atoms. The molecule has 0 saturated heterocycles. The highest BCUT2D eigenvalue weighted by Crippen LogP contribution is 2.27. The lowest BCUT2D eigenvalue weighted by molar-refractivity contribution is 0.177. The van der Waals surface area contributed by atoms with Crippen molar-refractivity contribution in [3.05, 3.63) is 67.2 Å². The first-order chi connectivity index (χ1) is 8.56. The van der Waals surface area contributed by atoms with Gasteiger partial charge in [-0.3, -0.25) is 0 Å². The fourth-order valence-electron chi connectivity index (χ4n) is 1.94. The average Bonchev–Trinajstić information content (AvgIpc) is 2.32. The summed E-state index contributed by atoms with van der Waals surface area (Å²) >= 11 is 5.76. The van der Waals surface area contributed by atoms with Crippen molar-refractivity contribution >= 4 is 38.5 Å². The lowest BCUT2D eigenvalue weighted by atomic mass is 10.0. The number of rotatable bonds is 3. The minimum absolute atomic E-state index is 0.476. The van der Waals surface area contributed by atoms with Gasteiger partial charge in [0.2, 0.25) is 0 Å². The molecule has 1 atom stereocenters. The van der Waals surface area contributed by atoms with Crippen molar-refractivity contribution in [2.75, 3.05) is 0 Å². The van der Waals surface area contributed by atoms with Crippen LogP contribution in [0.1, 0.15) is 22.8 Å². The summed E-state index contributed by atoms with van der Waals surface area (Å²) in [6, 6.07) is 14.3. The van der Waals surface area contributed by atoms with Gasteiger partial charge >= 0.3 is 0 Å². The fraction of sp³-hybridized carbons (Fsp3) is 0.200. The van der Waals surface area contributed by atoms with E-state index in [2.05, 4.69) is 63.6 Å². The highest BCUT2D eigenvalue weighted by atomic mass is 127. The summed E-state index contributed by atoms with van der Waals surface area (Å²) in [4.78, 5) is 0. The Morgan fingerprint density at radius 2 is 2.00 bits per heavy atom. The van der Waals surface area contributed by atoms with Crippen molar-refractivity contribution in [2.45, 2.75) is 19.4 Å². The topological polar surface area (TPSA) is 20.2 Å². The minimum atomic E-state index is -0.476. The molecule has 0 amide bonds. The number of hydrogen-bond acceptors (Lipinski definition) is 1. The molecule has 1 unspecified atom stereocenters. The van der Waals surface area contributed by atoms with E-state index in [1.807, 2.05) is 24.3 Å². The quantitative estimate of drug-likeness (QED) is 0.722. The minimum Gasteiger partial charge on any atom is -0.388 e. The van der Waals surface area contributed by atoms with Gasteiger partial charge in [0.1, 0.15) is 0 Å². The predicted molar refractivity (Wildman–Crippen MR) is 86.7 cm³/mol. The molecule has 0 fully saturated rings. The SMILES string of the molecule is Cc1cccc(CC(O)c2cc(I)ccc2Br)c1.